The van der Waals surface area contributed by atoms with Crippen LogP contribution in [0.15, 0.2) is 40.6 Å². The van der Waals surface area contributed by atoms with Gasteiger partial charge in [0.25, 0.3) is 5.91 Å². The summed E-state index contributed by atoms with van der Waals surface area (Å²) in [5, 5.41) is 2.04. The summed E-state index contributed by atoms with van der Waals surface area (Å²) in [6.07, 6.45) is 5.51. The van der Waals surface area contributed by atoms with Gasteiger partial charge in [-0.2, -0.15) is 4.98 Å². The third-order valence-corrected chi connectivity index (χ3v) is 5.38. The lowest BCUT2D eigenvalue weighted by Crippen LogP contribution is -2.26. The van der Waals surface area contributed by atoms with Crippen molar-refractivity contribution in [2.24, 2.45) is 0 Å². The minimum atomic E-state index is -0.0700. The lowest BCUT2D eigenvalue weighted by atomic mass is 10.2. The molecule has 2 heterocycles. The van der Waals surface area contributed by atoms with E-state index in [2.05, 4.69) is 9.97 Å². The number of carbonyl (C=O) groups is 1. The van der Waals surface area contributed by atoms with Gasteiger partial charge in [-0.05, 0) is 30.5 Å². The molecule has 0 N–H and O–H groups in total. The zero-order chi connectivity index (χ0) is 17.8. The molecule has 8 heteroatoms. The average molecular weight is 394 g/mol. The van der Waals surface area contributed by atoms with Crippen molar-refractivity contribution < 1.29 is 9.53 Å². The van der Waals surface area contributed by atoms with Crippen LogP contribution in [-0.2, 0) is 0 Å². The summed E-state index contributed by atoms with van der Waals surface area (Å²) >= 11 is 9.07. The molecule has 1 saturated heterocycles. The highest BCUT2D eigenvalue weighted by atomic mass is 35.5. The highest BCUT2D eigenvalue weighted by molar-refractivity contribution is 8.03. The zero-order valence-corrected chi connectivity index (χ0v) is 16.1. The number of rotatable bonds is 4. The van der Waals surface area contributed by atoms with Crippen molar-refractivity contribution in [1.82, 2.24) is 14.9 Å². The second kappa shape index (κ2) is 8.12. The largest absolute Gasteiger partial charge is 0.480 e. The summed E-state index contributed by atoms with van der Waals surface area (Å²) < 4.78 is 5.36. The number of methoxy groups -OCH3 is 1. The number of ether oxygens (including phenoxy) is 1. The van der Waals surface area contributed by atoms with Crippen molar-refractivity contribution in [2.45, 2.75) is 5.16 Å². The molecule has 130 valence electrons. The minimum absolute atomic E-state index is 0.0700. The molecule has 1 fully saturated rings. The third kappa shape index (κ3) is 4.11. The molecule has 0 bridgehead atoms. The van der Waals surface area contributed by atoms with Crippen LogP contribution in [0.2, 0.25) is 5.02 Å². The van der Waals surface area contributed by atoms with Gasteiger partial charge in [-0.15, -0.1) is 11.8 Å². The van der Waals surface area contributed by atoms with Gasteiger partial charge in [-0.1, -0.05) is 29.4 Å². The van der Waals surface area contributed by atoms with Crippen LogP contribution in [-0.4, -0.2) is 46.4 Å². The molecule has 3 rings (SSSR count). The fourth-order valence-electron chi connectivity index (χ4n) is 2.38. The first-order chi connectivity index (χ1) is 12.1. The van der Waals surface area contributed by atoms with Gasteiger partial charge in [0.05, 0.1) is 17.7 Å². The third-order valence-electron chi connectivity index (χ3n) is 3.56. The quantitative estimate of drug-likeness (QED) is 0.577. The van der Waals surface area contributed by atoms with Crippen LogP contribution in [0.4, 0.5) is 0 Å². The van der Waals surface area contributed by atoms with E-state index in [0.717, 1.165) is 16.3 Å². The zero-order valence-electron chi connectivity index (χ0n) is 13.7. The Kier molecular flexibility index (Phi) is 5.88. The second-order valence-electron chi connectivity index (χ2n) is 5.12. The molecular formula is C17H16ClN3O2S2. The van der Waals surface area contributed by atoms with Crippen molar-refractivity contribution in [3.8, 4) is 5.88 Å². The van der Waals surface area contributed by atoms with E-state index in [9.17, 15) is 4.79 Å². The summed E-state index contributed by atoms with van der Waals surface area (Å²) in [5.74, 6) is 1.26. The van der Waals surface area contributed by atoms with Crippen LogP contribution in [0.25, 0.3) is 6.08 Å². The maximum Gasteiger partial charge on any atom is 0.258 e. The van der Waals surface area contributed by atoms with Gasteiger partial charge in [0.2, 0.25) is 5.88 Å². The summed E-state index contributed by atoms with van der Waals surface area (Å²) in [6, 6.07) is 6.98. The number of halogens is 1. The number of amides is 1. The maximum atomic E-state index is 12.8. The van der Waals surface area contributed by atoms with Gasteiger partial charge in [0.15, 0.2) is 5.16 Å². The number of benzene rings is 1. The van der Waals surface area contributed by atoms with Crippen molar-refractivity contribution in [3.63, 3.8) is 0 Å². The molecule has 5 nitrogen and oxygen atoms in total. The Labute approximate surface area is 159 Å². The number of nitrogens with zero attached hydrogens (tertiary/aromatic N) is 3. The van der Waals surface area contributed by atoms with Crippen molar-refractivity contribution in [3.05, 3.63) is 51.6 Å². The number of aromatic nitrogens is 2. The second-order valence-corrected chi connectivity index (χ2v) is 7.44. The Hall–Kier alpha value is -1.70. The fourth-order valence-corrected chi connectivity index (χ4v) is 3.93. The highest BCUT2D eigenvalue weighted by Crippen LogP contribution is 2.33. The van der Waals surface area contributed by atoms with Gasteiger partial charge in [0.1, 0.15) is 0 Å². The summed E-state index contributed by atoms with van der Waals surface area (Å²) in [4.78, 5) is 23.2. The van der Waals surface area contributed by atoms with Crippen LogP contribution < -0.4 is 4.74 Å². The van der Waals surface area contributed by atoms with Gasteiger partial charge < -0.3 is 9.64 Å². The van der Waals surface area contributed by atoms with Crippen LogP contribution >= 0.6 is 35.1 Å². The molecule has 1 aliphatic rings. The van der Waals surface area contributed by atoms with Gasteiger partial charge in [0, 0.05) is 29.1 Å². The van der Waals surface area contributed by atoms with E-state index in [4.69, 9.17) is 16.3 Å². The van der Waals surface area contributed by atoms with Crippen LogP contribution in [0.1, 0.15) is 15.9 Å². The van der Waals surface area contributed by atoms with E-state index in [0.29, 0.717) is 28.2 Å². The highest BCUT2D eigenvalue weighted by Gasteiger charge is 2.26. The summed E-state index contributed by atoms with van der Waals surface area (Å²) in [5.41, 5.74) is 1.32. The SMILES string of the molecule is COc1nc(SC)ncc1/C=C1/SCCN1C(=O)c1cccc(Cl)c1. The van der Waals surface area contributed by atoms with Crippen molar-refractivity contribution in [2.75, 3.05) is 25.7 Å². The Morgan fingerprint density at radius 1 is 1.48 bits per heavy atom. The predicted molar refractivity (Wildman–Crippen MR) is 103 cm³/mol. The van der Waals surface area contributed by atoms with Gasteiger partial charge >= 0.3 is 0 Å². The topological polar surface area (TPSA) is 55.3 Å². The predicted octanol–water partition coefficient (Wildman–Crippen LogP) is 4.05. The molecule has 0 saturated carbocycles. The molecule has 0 radical (unpaired) electrons. The smallest absolute Gasteiger partial charge is 0.258 e. The van der Waals surface area contributed by atoms with Crippen molar-refractivity contribution in [1.29, 1.82) is 0 Å². The Morgan fingerprint density at radius 3 is 3.04 bits per heavy atom. The van der Waals surface area contributed by atoms with E-state index >= 15 is 0 Å². The molecule has 1 aromatic heterocycles. The molecule has 0 atom stereocenters. The molecular weight excluding hydrogens is 378 g/mol. The molecule has 1 amide bonds. The fraction of sp³-hybridized carbons (Fsp3) is 0.235. The molecule has 1 aliphatic heterocycles. The van der Waals surface area contributed by atoms with Gasteiger partial charge in [-0.3, -0.25) is 4.79 Å². The number of hydrogen-bond acceptors (Lipinski definition) is 6. The number of thioether (sulfide) groups is 2. The van der Waals surface area contributed by atoms with E-state index in [-0.39, 0.29) is 5.91 Å². The van der Waals surface area contributed by atoms with Crippen LogP contribution in [0.3, 0.4) is 0 Å². The lowest BCUT2D eigenvalue weighted by molar-refractivity contribution is 0.0831. The molecule has 2 aromatic rings. The van der Waals surface area contributed by atoms with Crippen LogP contribution in [0, 0.1) is 0 Å². The first-order valence-corrected chi connectivity index (χ1v) is 10.1. The van der Waals surface area contributed by atoms with E-state index < -0.39 is 0 Å². The Morgan fingerprint density at radius 2 is 2.32 bits per heavy atom. The number of hydrogen-bond donors (Lipinski definition) is 0. The van der Waals surface area contributed by atoms with E-state index in [1.54, 1.807) is 54.2 Å². The van der Waals surface area contributed by atoms with Gasteiger partial charge in [-0.25, -0.2) is 4.98 Å². The molecule has 25 heavy (non-hydrogen) atoms. The molecule has 1 aromatic carbocycles. The molecule has 0 aliphatic carbocycles. The standard InChI is InChI=1S/C17H16ClN3O2S2/c1-23-15-12(10-19-17(20-15)24-2)9-14-21(6-7-25-14)16(22)11-4-3-5-13(18)8-11/h3-5,8-10H,6-7H2,1-2H3/b14-9+. The normalized spacial score (nSPS) is 15.6. The first-order valence-electron chi connectivity index (χ1n) is 7.49. The molecule has 0 unspecified atom stereocenters. The summed E-state index contributed by atoms with van der Waals surface area (Å²) in [6.45, 7) is 0.647. The minimum Gasteiger partial charge on any atom is -0.480 e. The van der Waals surface area contributed by atoms with Crippen molar-refractivity contribution >= 4 is 47.1 Å². The summed E-state index contributed by atoms with van der Waals surface area (Å²) in [7, 11) is 1.57. The van der Waals surface area contributed by atoms with E-state index in [1.165, 1.54) is 11.8 Å². The molecule has 0 spiro atoms. The first kappa shape index (κ1) is 18.1. The number of carbonyl (C=O) groups excluding carboxylic acids is 1. The maximum absolute atomic E-state index is 12.8. The monoisotopic (exact) mass is 393 g/mol. The van der Waals surface area contributed by atoms with E-state index in [1.807, 2.05) is 12.3 Å². The Bertz CT molecular complexity index is 829. The lowest BCUT2D eigenvalue weighted by Gasteiger charge is -2.17. The Balaban J connectivity index is 1.91. The van der Waals surface area contributed by atoms with Crippen LogP contribution in [0.5, 0.6) is 5.88 Å². The average Bonchev–Trinajstić information content (AvgIpc) is 3.09.